The van der Waals surface area contributed by atoms with E-state index in [0.717, 1.165) is 13.0 Å². The Kier molecular flexibility index (Phi) is 6.77. The van der Waals surface area contributed by atoms with E-state index in [4.69, 9.17) is 0 Å². The number of nitrogens with zero attached hydrogens (tertiary/aromatic N) is 1. The summed E-state index contributed by atoms with van der Waals surface area (Å²) in [6.07, 6.45) is 7.00. The minimum Gasteiger partial charge on any atom is -0.352 e. The maximum absolute atomic E-state index is 12.2. The first kappa shape index (κ1) is 17.4. The highest BCUT2D eigenvalue weighted by molar-refractivity contribution is 7.98. The standard InChI is InChI=1S/C18H28N2OS/c1-14-6-4-5-7-17(14)19-18(21)13-20(2)12-15-8-10-16(22-3)11-9-15/h8-11,14,17H,4-7,12-13H2,1-3H3,(H,19,21)/t14-,17-/m0/s1. The Bertz CT molecular complexity index is 474. The van der Waals surface area contributed by atoms with Crippen LogP contribution in [0, 0.1) is 5.92 Å². The van der Waals surface area contributed by atoms with Gasteiger partial charge in [0.25, 0.3) is 0 Å². The van der Waals surface area contributed by atoms with Gasteiger partial charge in [0.1, 0.15) is 0 Å². The second-order valence-corrected chi connectivity index (χ2v) is 7.34. The molecule has 1 N–H and O–H groups in total. The van der Waals surface area contributed by atoms with Gasteiger partial charge >= 0.3 is 0 Å². The summed E-state index contributed by atoms with van der Waals surface area (Å²) < 4.78 is 0. The van der Waals surface area contributed by atoms with E-state index in [1.165, 1.54) is 29.7 Å². The quantitative estimate of drug-likeness (QED) is 0.814. The van der Waals surface area contributed by atoms with Crippen molar-refractivity contribution in [2.45, 2.75) is 50.1 Å². The van der Waals surface area contributed by atoms with Crippen LogP contribution in [0.25, 0.3) is 0 Å². The van der Waals surface area contributed by atoms with Gasteiger partial charge < -0.3 is 5.32 Å². The number of rotatable bonds is 6. The number of carbonyl (C=O) groups is 1. The lowest BCUT2D eigenvalue weighted by molar-refractivity contribution is -0.123. The number of thioether (sulfide) groups is 1. The molecule has 4 heteroatoms. The van der Waals surface area contributed by atoms with Crippen LogP contribution < -0.4 is 5.32 Å². The molecule has 0 heterocycles. The first-order valence-electron chi connectivity index (χ1n) is 8.19. The first-order chi connectivity index (χ1) is 10.6. The van der Waals surface area contributed by atoms with Crippen LogP contribution in [0.4, 0.5) is 0 Å². The van der Waals surface area contributed by atoms with Gasteiger partial charge in [0.05, 0.1) is 6.54 Å². The van der Waals surface area contributed by atoms with Crippen LogP contribution in [0.1, 0.15) is 38.2 Å². The van der Waals surface area contributed by atoms with Gasteiger partial charge in [-0.3, -0.25) is 9.69 Å². The number of carbonyl (C=O) groups excluding carboxylic acids is 1. The number of nitrogens with one attached hydrogen (secondary N) is 1. The summed E-state index contributed by atoms with van der Waals surface area (Å²) in [5.41, 5.74) is 1.25. The summed E-state index contributed by atoms with van der Waals surface area (Å²) in [6.45, 7) is 3.52. The fourth-order valence-electron chi connectivity index (χ4n) is 3.13. The summed E-state index contributed by atoms with van der Waals surface area (Å²) in [7, 11) is 2.01. The van der Waals surface area contributed by atoms with Crippen LogP contribution in [0.5, 0.6) is 0 Å². The minimum atomic E-state index is 0.155. The van der Waals surface area contributed by atoms with Crippen molar-refractivity contribution in [1.82, 2.24) is 10.2 Å². The predicted octanol–water partition coefficient (Wildman–Crippen LogP) is 3.54. The van der Waals surface area contributed by atoms with Gasteiger partial charge in [-0.2, -0.15) is 0 Å². The maximum atomic E-state index is 12.2. The molecule has 0 spiro atoms. The van der Waals surface area contributed by atoms with E-state index in [-0.39, 0.29) is 5.91 Å². The zero-order chi connectivity index (χ0) is 15.9. The van der Waals surface area contributed by atoms with E-state index in [0.29, 0.717) is 18.5 Å². The summed E-state index contributed by atoms with van der Waals surface area (Å²) in [4.78, 5) is 15.6. The van der Waals surface area contributed by atoms with Crippen LogP contribution in [0.2, 0.25) is 0 Å². The molecule has 1 aromatic rings. The first-order valence-corrected chi connectivity index (χ1v) is 9.42. The van der Waals surface area contributed by atoms with Gasteiger partial charge in [-0.1, -0.05) is 31.9 Å². The van der Waals surface area contributed by atoms with Crippen LogP contribution in [-0.2, 0) is 11.3 Å². The van der Waals surface area contributed by atoms with Crippen LogP contribution in [-0.4, -0.2) is 36.7 Å². The Hall–Kier alpha value is -1.00. The average Bonchev–Trinajstić information content (AvgIpc) is 2.50. The molecule has 1 aliphatic carbocycles. The van der Waals surface area contributed by atoms with Gasteiger partial charge in [-0.15, -0.1) is 11.8 Å². The van der Waals surface area contributed by atoms with Crippen molar-refractivity contribution in [3.05, 3.63) is 29.8 Å². The Labute approximate surface area is 138 Å². The van der Waals surface area contributed by atoms with Crippen molar-refractivity contribution in [2.24, 2.45) is 5.92 Å². The number of benzene rings is 1. The van der Waals surface area contributed by atoms with Crippen molar-refractivity contribution >= 4 is 17.7 Å². The van der Waals surface area contributed by atoms with Crippen LogP contribution in [0.15, 0.2) is 29.2 Å². The van der Waals surface area contributed by atoms with Gasteiger partial charge in [0, 0.05) is 17.5 Å². The highest BCUT2D eigenvalue weighted by Crippen LogP contribution is 2.23. The third kappa shape index (κ3) is 5.33. The molecule has 0 aromatic heterocycles. The highest BCUT2D eigenvalue weighted by Gasteiger charge is 2.22. The van der Waals surface area contributed by atoms with Crippen molar-refractivity contribution in [3.63, 3.8) is 0 Å². The molecular weight excluding hydrogens is 292 g/mol. The number of amides is 1. The van der Waals surface area contributed by atoms with Gasteiger partial charge in [-0.05, 0) is 49.8 Å². The van der Waals surface area contributed by atoms with E-state index in [2.05, 4.69) is 47.7 Å². The smallest absolute Gasteiger partial charge is 0.234 e. The van der Waals surface area contributed by atoms with Crippen molar-refractivity contribution in [2.75, 3.05) is 19.8 Å². The monoisotopic (exact) mass is 320 g/mol. The fraction of sp³-hybridized carbons (Fsp3) is 0.611. The van der Waals surface area contributed by atoms with Gasteiger partial charge in [0.2, 0.25) is 5.91 Å². The molecule has 2 rings (SSSR count). The lowest BCUT2D eigenvalue weighted by Gasteiger charge is -2.30. The number of hydrogen-bond acceptors (Lipinski definition) is 3. The largest absolute Gasteiger partial charge is 0.352 e. The Morgan fingerprint density at radius 1 is 1.27 bits per heavy atom. The zero-order valence-electron chi connectivity index (χ0n) is 14.0. The molecule has 3 nitrogen and oxygen atoms in total. The highest BCUT2D eigenvalue weighted by atomic mass is 32.2. The molecule has 1 aliphatic rings. The lowest BCUT2D eigenvalue weighted by atomic mass is 9.86. The molecule has 1 fully saturated rings. The third-order valence-electron chi connectivity index (χ3n) is 4.48. The number of likely N-dealkylation sites (N-methyl/N-ethyl adjacent to an activating group) is 1. The zero-order valence-corrected chi connectivity index (χ0v) is 14.8. The van der Waals surface area contributed by atoms with Crippen molar-refractivity contribution < 1.29 is 4.79 Å². The molecule has 1 aromatic carbocycles. The predicted molar refractivity (Wildman–Crippen MR) is 94.1 cm³/mol. The van der Waals surface area contributed by atoms with E-state index in [1.807, 2.05) is 7.05 Å². The summed E-state index contributed by atoms with van der Waals surface area (Å²) in [5, 5.41) is 3.22. The molecule has 0 bridgehead atoms. The topological polar surface area (TPSA) is 32.3 Å². The molecule has 122 valence electrons. The average molecular weight is 321 g/mol. The second kappa shape index (κ2) is 8.59. The van der Waals surface area contributed by atoms with Gasteiger partial charge in [-0.25, -0.2) is 0 Å². The SMILES string of the molecule is CSc1ccc(CN(C)CC(=O)N[C@H]2CCCC[C@@H]2C)cc1. The van der Waals surface area contributed by atoms with Gasteiger partial charge in [0.15, 0.2) is 0 Å². The van der Waals surface area contributed by atoms with Crippen molar-refractivity contribution in [1.29, 1.82) is 0 Å². The molecule has 0 saturated heterocycles. The lowest BCUT2D eigenvalue weighted by Crippen LogP contribution is -2.44. The summed E-state index contributed by atoms with van der Waals surface area (Å²) in [5.74, 6) is 0.768. The fourth-order valence-corrected chi connectivity index (χ4v) is 3.54. The number of hydrogen-bond donors (Lipinski definition) is 1. The second-order valence-electron chi connectivity index (χ2n) is 6.46. The molecule has 22 heavy (non-hydrogen) atoms. The third-order valence-corrected chi connectivity index (χ3v) is 5.23. The summed E-state index contributed by atoms with van der Waals surface area (Å²) >= 11 is 1.75. The van der Waals surface area contributed by atoms with E-state index < -0.39 is 0 Å². The summed E-state index contributed by atoms with van der Waals surface area (Å²) in [6, 6.07) is 8.93. The normalized spacial score (nSPS) is 21.8. The minimum absolute atomic E-state index is 0.155. The molecule has 2 atom stereocenters. The maximum Gasteiger partial charge on any atom is 0.234 e. The van der Waals surface area contributed by atoms with E-state index in [9.17, 15) is 4.79 Å². The molecule has 0 aliphatic heterocycles. The molecule has 0 radical (unpaired) electrons. The molecule has 1 saturated carbocycles. The molecule has 0 unspecified atom stereocenters. The van der Waals surface area contributed by atoms with E-state index >= 15 is 0 Å². The Balaban J connectivity index is 1.77. The van der Waals surface area contributed by atoms with Crippen LogP contribution in [0.3, 0.4) is 0 Å². The van der Waals surface area contributed by atoms with Crippen molar-refractivity contribution in [3.8, 4) is 0 Å². The molecular formula is C18H28N2OS. The van der Waals surface area contributed by atoms with E-state index in [1.54, 1.807) is 11.8 Å². The molecule has 1 amide bonds. The Morgan fingerprint density at radius 2 is 1.95 bits per heavy atom. The van der Waals surface area contributed by atoms with Crippen LogP contribution >= 0.6 is 11.8 Å². The Morgan fingerprint density at radius 3 is 2.59 bits per heavy atom.